The molecule has 0 amide bonds. The van der Waals surface area contributed by atoms with E-state index in [0.29, 0.717) is 0 Å². The highest BCUT2D eigenvalue weighted by molar-refractivity contribution is 5.62. The normalized spacial score (nSPS) is 20.5. The Morgan fingerprint density at radius 1 is 0.444 bits per heavy atom. The molecule has 0 heterocycles. The second kappa shape index (κ2) is 13.8. The van der Waals surface area contributed by atoms with Crippen LogP contribution in [0.5, 0.6) is 0 Å². The monoisotopic (exact) mass is 585 g/mol. The van der Waals surface area contributed by atoms with Gasteiger partial charge in [-0.05, 0) is 48.2 Å². The van der Waals surface area contributed by atoms with Crippen LogP contribution in [-0.2, 0) is 10.8 Å². The van der Waals surface area contributed by atoms with E-state index in [0.717, 1.165) is 24.2 Å². The van der Waals surface area contributed by atoms with E-state index < -0.39 is 0 Å². The Morgan fingerprint density at radius 2 is 0.800 bits per heavy atom. The van der Waals surface area contributed by atoms with Gasteiger partial charge in [0.2, 0.25) is 0 Å². The summed E-state index contributed by atoms with van der Waals surface area (Å²) in [7, 11) is 0. The van der Waals surface area contributed by atoms with Crippen LogP contribution >= 0.6 is 0 Å². The maximum Gasteiger partial charge on any atom is 0.0384 e. The van der Waals surface area contributed by atoms with Crippen LogP contribution < -0.4 is 5.32 Å². The molecular formula is C44H43N. The molecule has 6 rings (SSSR count). The average molecular weight is 586 g/mol. The molecule has 0 fully saturated rings. The van der Waals surface area contributed by atoms with E-state index in [9.17, 15) is 0 Å². The summed E-state index contributed by atoms with van der Waals surface area (Å²) in [5.74, 6) is 0.505. The minimum atomic E-state index is -0.170. The van der Waals surface area contributed by atoms with Crippen molar-refractivity contribution in [1.29, 1.82) is 0 Å². The molecule has 224 valence electrons. The summed E-state index contributed by atoms with van der Waals surface area (Å²) in [6.45, 7) is 4.78. The number of rotatable bonds is 8. The van der Waals surface area contributed by atoms with Gasteiger partial charge in [-0.1, -0.05) is 183 Å². The largest absolute Gasteiger partial charge is 0.356 e. The zero-order valence-electron chi connectivity index (χ0n) is 26.4. The van der Waals surface area contributed by atoms with Crippen LogP contribution in [-0.4, -0.2) is 0 Å². The lowest BCUT2D eigenvalue weighted by molar-refractivity contribution is 0.466. The van der Waals surface area contributed by atoms with Gasteiger partial charge in [-0.3, -0.25) is 0 Å². The van der Waals surface area contributed by atoms with E-state index in [2.05, 4.69) is 201 Å². The van der Waals surface area contributed by atoms with Gasteiger partial charge in [0.15, 0.2) is 0 Å². The molecule has 0 radical (unpaired) electrons. The Balaban J connectivity index is 1.27. The van der Waals surface area contributed by atoms with Crippen LogP contribution in [0.4, 0.5) is 11.4 Å². The first-order valence-corrected chi connectivity index (χ1v) is 16.2. The zero-order valence-corrected chi connectivity index (χ0v) is 26.4. The summed E-state index contributed by atoms with van der Waals surface area (Å²) in [4.78, 5) is 0. The third kappa shape index (κ3) is 6.49. The minimum Gasteiger partial charge on any atom is -0.356 e. The van der Waals surface area contributed by atoms with Gasteiger partial charge in [-0.2, -0.15) is 0 Å². The SMILES string of the molecule is CC(C1=CC=CC=CC1)(c1ccc(Nc2ccc(C(C)(C3=CC=CC=CC3)C3C=CC=CC=C3)cc2)cc1)C1C=CC=CC=C1. The highest BCUT2D eigenvalue weighted by atomic mass is 14.9. The van der Waals surface area contributed by atoms with Crippen LogP contribution in [0.2, 0.25) is 0 Å². The zero-order chi connectivity index (χ0) is 31.0. The van der Waals surface area contributed by atoms with E-state index in [1.165, 1.54) is 22.3 Å². The molecule has 45 heavy (non-hydrogen) atoms. The molecule has 2 aromatic rings. The van der Waals surface area contributed by atoms with Crippen molar-refractivity contribution in [2.45, 2.75) is 37.5 Å². The van der Waals surface area contributed by atoms with E-state index in [-0.39, 0.29) is 22.7 Å². The van der Waals surface area contributed by atoms with Gasteiger partial charge in [0.25, 0.3) is 0 Å². The van der Waals surface area contributed by atoms with Crippen molar-refractivity contribution in [3.05, 3.63) is 204 Å². The van der Waals surface area contributed by atoms with Crippen LogP contribution in [0.1, 0.15) is 37.8 Å². The molecule has 4 aliphatic carbocycles. The van der Waals surface area contributed by atoms with Gasteiger partial charge in [-0.25, -0.2) is 0 Å². The van der Waals surface area contributed by atoms with Gasteiger partial charge in [-0.15, -0.1) is 0 Å². The highest BCUT2D eigenvalue weighted by Crippen LogP contribution is 2.45. The van der Waals surface area contributed by atoms with Crippen molar-refractivity contribution in [3.8, 4) is 0 Å². The third-order valence-corrected chi connectivity index (χ3v) is 9.85. The summed E-state index contributed by atoms with van der Waals surface area (Å²) >= 11 is 0. The summed E-state index contributed by atoms with van der Waals surface area (Å²) in [5.41, 5.74) is 7.29. The van der Waals surface area contributed by atoms with Crippen molar-refractivity contribution in [1.82, 2.24) is 0 Å². The first-order chi connectivity index (χ1) is 22.1. The Labute approximate surface area is 269 Å². The molecule has 2 unspecified atom stereocenters. The maximum absolute atomic E-state index is 3.67. The second-order valence-corrected chi connectivity index (χ2v) is 12.5. The molecule has 1 nitrogen and oxygen atoms in total. The molecule has 0 spiro atoms. The molecule has 0 saturated heterocycles. The van der Waals surface area contributed by atoms with Gasteiger partial charge < -0.3 is 5.32 Å². The molecule has 0 aliphatic heterocycles. The molecular weight excluding hydrogens is 542 g/mol. The van der Waals surface area contributed by atoms with Crippen molar-refractivity contribution in [2.24, 2.45) is 11.8 Å². The molecule has 4 aliphatic rings. The fraction of sp³-hybridized carbons (Fsp3) is 0.182. The van der Waals surface area contributed by atoms with E-state index >= 15 is 0 Å². The summed E-state index contributed by atoms with van der Waals surface area (Å²) < 4.78 is 0. The van der Waals surface area contributed by atoms with Crippen molar-refractivity contribution < 1.29 is 0 Å². The number of allylic oxidation sites excluding steroid dienone is 24. The molecule has 2 atom stereocenters. The average Bonchev–Trinajstić information content (AvgIpc) is 3.71. The molecule has 0 bridgehead atoms. The molecule has 1 heteroatoms. The molecule has 0 aromatic heterocycles. The molecule has 1 N–H and O–H groups in total. The Hall–Kier alpha value is -4.88. The predicted molar refractivity (Wildman–Crippen MR) is 195 cm³/mol. The minimum absolute atomic E-state index is 0.170. The van der Waals surface area contributed by atoms with Crippen molar-refractivity contribution in [2.75, 3.05) is 5.32 Å². The van der Waals surface area contributed by atoms with Crippen molar-refractivity contribution in [3.63, 3.8) is 0 Å². The lowest BCUT2D eigenvalue weighted by Gasteiger charge is -2.38. The Bertz CT molecular complexity index is 1560. The number of nitrogens with one attached hydrogen (secondary N) is 1. The smallest absolute Gasteiger partial charge is 0.0384 e. The fourth-order valence-corrected chi connectivity index (χ4v) is 6.97. The number of hydrogen-bond acceptors (Lipinski definition) is 1. The first kappa shape index (κ1) is 30.2. The van der Waals surface area contributed by atoms with Gasteiger partial charge in [0.05, 0.1) is 0 Å². The number of anilines is 2. The lowest BCUT2D eigenvalue weighted by Crippen LogP contribution is -2.32. The summed E-state index contributed by atoms with van der Waals surface area (Å²) in [6, 6.07) is 18.1. The summed E-state index contributed by atoms with van der Waals surface area (Å²) in [6.07, 6.45) is 50.4. The van der Waals surface area contributed by atoms with E-state index in [4.69, 9.17) is 0 Å². The van der Waals surface area contributed by atoms with Crippen LogP contribution in [0.15, 0.2) is 193 Å². The van der Waals surface area contributed by atoms with E-state index in [1.807, 2.05) is 0 Å². The third-order valence-electron chi connectivity index (χ3n) is 9.85. The van der Waals surface area contributed by atoms with Crippen LogP contribution in [0.3, 0.4) is 0 Å². The number of benzene rings is 2. The van der Waals surface area contributed by atoms with Gasteiger partial charge >= 0.3 is 0 Å². The summed E-state index contributed by atoms with van der Waals surface area (Å²) in [5, 5.41) is 3.67. The lowest BCUT2D eigenvalue weighted by atomic mass is 9.65. The predicted octanol–water partition coefficient (Wildman–Crippen LogP) is 11.4. The molecule has 0 saturated carbocycles. The van der Waals surface area contributed by atoms with Gasteiger partial charge in [0.1, 0.15) is 0 Å². The molecule has 2 aromatic carbocycles. The quantitative estimate of drug-likeness (QED) is 0.325. The first-order valence-electron chi connectivity index (χ1n) is 16.2. The number of hydrogen-bond donors (Lipinski definition) is 1. The van der Waals surface area contributed by atoms with Gasteiger partial charge in [0, 0.05) is 34.0 Å². The van der Waals surface area contributed by atoms with Crippen molar-refractivity contribution >= 4 is 11.4 Å². The van der Waals surface area contributed by atoms with Crippen LogP contribution in [0.25, 0.3) is 0 Å². The highest BCUT2D eigenvalue weighted by Gasteiger charge is 2.37. The topological polar surface area (TPSA) is 12.0 Å². The standard InChI is InChI=1S/C44H43N/c1-43(35-19-11-3-4-12-20-35,36-21-13-5-6-14-22-36)39-27-31-41(32-28-39)45-42-33-29-40(30-34-42)44(2,37-23-15-7-8-16-24-37)38-25-17-9-10-18-26-38/h3-21,23-25,27-35,37,45H,22,26H2,1-2H3. The Morgan fingerprint density at radius 3 is 1.18 bits per heavy atom. The second-order valence-electron chi connectivity index (χ2n) is 12.5. The van der Waals surface area contributed by atoms with Crippen LogP contribution in [0, 0.1) is 11.8 Å². The Kier molecular flexibility index (Phi) is 9.27. The van der Waals surface area contributed by atoms with E-state index in [1.54, 1.807) is 0 Å². The maximum atomic E-state index is 3.67. The fourth-order valence-electron chi connectivity index (χ4n) is 6.97.